The van der Waals surface area contributed by atoms with Crippen LogP contribution in [0.25, 0.3) is 16.6 Å². The zero-order chi connectivity index (χ0) is 23.9. The quantitative estimate of drug-likeness (QED) is 0.452. The third-order valence-corrected chi connectivity index (χ3v) is 7.57. The Hall–Kier alpha value is -3.74. The average Bonchev–Trinajstić information content (AvgIpc) is 3.27. The van der Waals surface area contributed by atoms with Crippen LogP contribution < -0.4 is 4.90 Å². The Balaban J connectivity index is 1.21. The van der Waals surface area contributed by atoms with Gasteiger partial charge in [0.1, 0.15) is 5.52 Å². The summed E-state index contributed by atoms with van der Waals surface area (Å²) >= 11 is 0. The van der Waals surface area contributed by atoms with E-state index in [0.29, 0.717) is 5.91 Å². The van der Waals surface area contributed by atoms with Crippen LogP contribution in [0.1, 0.15) is 35.4 Å². The van der Waals surface area contributed by atoms with Gasteiger partial charge in [-0.1, -0.05) is 42.5 Å². The van der Waals surface area contributed by atoms with E-state index in [4.69, 9.17) is 5.10 Å². The van der Waals surface area contributed by atoms with Crippen molar-refractivity contribution in [2.45, 2.75) is 39.7 Å². The molecule has 2 aromatic heterocycles. The van der Waals surface area contributed by atoms with Crippen LogP contribution in [0.5, 0.6) is 0 Å². The molecule has 4 heterocycles. The maximum absolute atomic E-state index is 13.3. The molecule has 7 heteroatoms. The number of aryl methyl sites for hydroxylation is 2. The summed E-state index contributed by atoms with van der Waals surface area (Å²) < 4.78 is 1.98. The van der Waals surface area contributed by atoms with E-state index in [-0.39, 0.29) is 5.92 Å². The lowest BCUT2D eigenvalue weighted by Gasteiger charge is -2.36. The zero-order valence-corrected chi connectivity index (χ0v) is 20.3. The molecule has 0 unspecified atom stereocenters. The second-order valence-electron chi connectivity index (χ2n) is 9.71. The Morgan fingerprint density at radius 1 is 0.886 bits per heavy atom. The molecule has 1 saturated heterocycles. The highest BCUT2D eigenvalue weighted by Crippen LogP contribution is 2.32. The van der Waals surface area contributed by atoms with Gasteiger partial charge in [-0.3, -0.25) is 4.79 Å². The van der Waals surface area contributed by atoms with Gasteiger partial charge in [0.2, 0.25) is 5.91 Å². The van der Waals surface area contributed by atoms with E-state index < -0.39 is 0 Å². The zero-order valence-electron chi connectivity index (χ0n) is 20.3. The molecule has 0 saturated carbocycles. The van der Waals surface area contributed by atoms with Gasteiger partial charge in [0.25, 0.3) is 0 Å². The van der Waals surface area contributed by atoms with Gasteiger partial charge in [-0.15, -0.1) is 5.10 Å². The third-order valence-electron chi connectivity index (χ3n) is 7.57. The lowest BCUT2D eigenvalue weighted by Crippen LogP contribution is -2.44. The van der Waals surface area contributed by atoms with Crippen LogP contribution in [0.2, 0.25) is 0 Å². The van der Waals surface area contributed by atoms with E-state index in [1.54, 1.807) is 0 Å². The molecule has 0 bridgehead atoms. The predicted octanol–water partition coefficient (Wildman–Crippen LogP) is 4.23. The largest absolute Gasteiger partial charge is 0.353 e. The van der Waals surface area contributed by atoms with E-state index in [9.17, 15) is 4.79 Å². The fraction of sp³-hybridized carbons (Fsp3) is 0.357. The molecular formula is C28H30N6O. The first kappa shape index (κ1) is 21.8. The highest BCUT2D eigenvalue weighted by atomic mass is 16.2. The van der Waals surface area contributed by atoms with E-state index in [2.05, 4.69) is 63.3 Å². The fourth-order valence-electron chi connectivity index (χ4n) is 5.63. The highest BCUT2D eigenvalue weighted by molar-refractivity contribution is 5.92. The number of aromatic nitrogens is 4. The van der Waals surface area contributed by atoms with E-state index in [1.165, 1.54) is 11.1 Å². The number of piperidine rings is 1. The molecular weight excluding hydrogens is 436 g/mol. The highest BCUT2D eigenvalue weighted by Gasteiger charge is 2.32. The molecule has 2 aromatic carbocycles. The molecule has 1 fully saturated rings. The van der Waals surface area contributed by atoms with Gasteiger partial charge < -0.3 is 9.80 Å². The summed E-state index contributed by atoms with van der Waals surface area (Å²) in [4.78, 5) is 17.6. The number of carbonyl (C=O) groups excluding carboxylic acids is 1. The summed E-state index contributed by atoms with van der Waals surface area (Å²) in [6.07, 6.45) is 2.60. The van der Waals surface area contributed by atoms with Crippen molar-refractivity contribution in [3.63, 3.8) is 0 Å². The Labute approximate surface area is 205 Å². The van der Waals surface area contributed by atoms with Gasteiger partial charge in [-0.25, -0.2) is 4.68 Å². The molecule has 0 spiro atoms. The standard InChI is InChI=1S/C28H30N6O/c1-19-25-20(2)34(24-10-4-3-5-11-24)31-26(25)27(30-29-19)32-15-13-22(14-16-32)28(35)33-17-12-21-8-6-7-9-23(21)18-33/h3-11,22H,12-18H2,1-2H3. The lowest BCUT2D eigenvalue weighted by molar-refractivity contribution is -0.137. The second kappa shape index (κ2) is 8.80. The monoisotopic (exact) mass is 466 g/mol. The first-order valence-corrected chi connectivity index (χ1v) is 12.5. The van der Waals surface area contributed by atoms with Gasteiger partial charge in [0, 0.05) is 32.1 Å². The summed E-state index contributed by atoms with van der Waals surface area (Å²) in [6.45, 7) is 7.19. The topological polar surface area (TPSA) is 67.2 Å². The second-order valence-corrected chi connectivity index (χ2v) is 9.71. The molecule has 1 amide bonds. The fourth-order valence-corrected chi connectivity index (χ4v) is 5.63. The molecule has 2 aliphatic heterocycles. The van der Waals surface area contributed by atoms with Gasteiger partial charge >= 0.3 is 0 Å². The normalized spacial score (nSPS) is 16.5. The van der Waals surface area contributed by atoms with Gasteiger partial charge in [-0.2, -0.15) is 10.2 Å². The molecule has 178 valence electrons. The number of nitrogens with zero attached hydrogens (tertiary/aromatic N) is 6. The summed E-state index contributed by atoms with van der Waals surface area (Å²) in [5.74, 6) is 1.18. The number of hydrogen-bond donors (Lipinski definition) is 0. The SMILES string of the molecule is Cc1nnc(N2CCC(C(=O)N3CCc4ccccc4C3)CC2)c2nn(-c3ccccc3)c(C)c12. The van der Waals surface area contributed by atoms with Crippen molar-refractivity contribution < 1.29 is 4.79 Å². The first-order valence-electron chi connectivity index (χ1n) is 12.5. The van der Waals surface area contributed by atoms with Crippen molar-refractivity contribution >= 4 is 22.6 Å². The first-order chi connectivity index (χ1) is 17.1. The van der Waals surface area contributed by atoms with Gasteiger partial charge in [0.05, 0.1) is 22.5 Å². The number of amides is 1. The minimum absolute atomic E-state index is 0.0639. The summed E-state index contributed by atoms with van der Waals surface area (Å²) in [5.41, 5.74) is 6.52. The van der Waals surface area contributed by atoms with Crippen LogP contribution in [0.15, 0.2) is 54.6 Å². The Morgan fingerprint density at radius 2 is 1.60 bits per heavy atom. The van der Waals surface area contributed by atoms with Crippen LogP contribution >= 0.6 is 0 Å². The molecule has 2 aliphatic rings. The molecule has 0 radical (unpaired) electrons. The van der Waals surface area contributed by atoms with E-state index in [0.717, 1.165) is 79.2 Å². The Morgan fingerprint density at radius 3 is 2.37 bits per heavy atom. The Bertz CT molecular complexity index is 1390. The molecule has 0 N–H and O–H groups in total. The van der Waals surface area contributed by atoms with E-state index in [1.807, 2.05) is 29.8 Å². The van der Waals surface area contributed by atoms with Crippen LogP contribution in [-0.4, -0.2) is 50.4 Å². The average molecular weight is 467 g/mol. The number of anilines is 1. The van der Waals surface area contributed by atoms with E-state index >= 15 is 0 Å². The number of para-hydroxylation sites is 1. The number of carbonyl (C=O) groups is 1. The Kier molecular flexibility index (Phi) is 5.47. The number of fused-ring (bicyclic) bond motifs is 2. The van der Waals surface area contributed by atoms with Gasteiger partial charge in [-0.05, 0) is 56.4 Å². The number of rotatable bonds is 3. The van der Waals surface area contributed by atoms with Gasteiger partial charge in [0.15, 0.2) is 5.82 Å². The maximum Gasteiger partial charge on any atom is 0.226 e. The van der Waals surface area contributed by atoms with Crippen LogP contribution in [0, 0.1) is 19.8 Å². The molecule has 0 aliphatic carbocycles. The minimum Gasteiger partial charge on any atom is -0.353 e. The van der Waals surface area contributed by atoms with Crippen LogP contribution in [0.3, 0.4) is 0 Å². The minimum atomic E-state index is 0.0639. The molecule has 0 atom stereocenters. The van der Waals surface area contributed by atoms with Crippen LogP contribution in [-0.2, 0) is 17.8 Å². The number of hydrogen-bond acceptors (Lipinski definition) is 5. The predicted molar refractivity (Wildman–Crippen MR) is 137 cm³/mol. The maximum atomic E-state index is 13.3. The smallest absolute Gasteiger partial charge is 0.226 e. The molecule has 35 heavy (non-hydrogen) atoms. The summed E-state index contributed by atoms with van der Waals surface area (Å²) in [6, 6.07) is 18.7. The third kappa shape index (κ3) is 3.85. The molecule has 7 nitrogen and oxygen atoms in total. The van der Waals surface area contributed by atoms with Crippen LogP contribution in [0.4, 0.5) is 5.82 Å². The van der Waals surface area contributed by atoms with Crippen molar-refractivity contribution in [3.8, 4) is 5.69 Å². The number of benzene rings is 2. The van der Waals surface area contributed by atoms with Crippen molar-refractivity contribution in [3.05, 3.63) is 77.1 Å². The van der Waals surface area contributed by atoms with Crippen molar-refractivity contribution in [1.29, 1.82) is 0 Å². The summed E-state index contributed by atoms with van der Waals surface area (Å²) in [7, 11) is 0. The summed E-state index contributed by atoms with van der Waals surface area (Å²) in [5, 5.41) is 15.1. The van der Waals surface area contributed by atoms with Crippen molar-refractivity contribution in [2.75, 3.05) is 24.5 Å². The van der Waals surface area contributed by atoms with Crippen molar-refractivity contribution in [2.24, 2.45) is 5.92 Å². The molecule has 4 aromatic rings. The molecule has 6 rings (SSSR count). The lowest BCUT2D eigenvalue weighted by atomic mass is 9.93. The van der Waals surface area contributed by atoms with Crippen molar-refractivity contribution in [1.82, 2.24) is 24.9 Å².